The van der Waals surface area contributed by atoms with Gasteiger partial charge in [-0.05, 0) is 12.1 Å². The summed E-state index contributed by atoms with van der Waals surface area (Å²) in [5.74, 6) is -0.458. The zero-order chi connectivity index (χ0) is 11.4. The smallest absolute Gasteiger partial charge is 0.300 e. The second-order valence-electron chi connectivity index (χ2n) is 1.76. The predicted octanol–water partition coefficient (Wildman–Crippen LogP) is 0.884. The van der Waals surface area contributed by atoms with E-state index in [-0.39, 0.29) is 6.47 Å². The quantitative estimate of drug-likeness (QED) is 0.655. The molecule has 0 radical (unpaired) electrons. The summed E-state index contributed by atoms with van der Waals surface area (Å²) in [4.78, 5) is 27.1. The zero-order valence-corrected chi connectivity index (χ0v) is 7.41. The minimum Gasteiger partial charge on any atom is -0.483 e. The van der Waals surface area contributed by atoms with Crippen LogP contribution in [0.15, 0.2) is 22.8 Å². The number of aliphatic carboxylic acids is 1. The van der Waals surface area contributed by atoms with E-state index in [9.17, 15) is 4.79 Å². The maximum absolute atomic E-state index is 9.77. The number of aldehydes is 1. The van der Waals surface area contributed by atoms with E-state index in [2.05, 4.69) is 4.42 Å². The molecule has 0 aliphatic heterocycles. The van der Waals surface area contributed by atoms with E-state index in [1.807, 2.05) is 0 Å². The number of carbonyl (C=O) groups excluding carboxylic acids is 1. The Hall–Kier alpha value is -2.11. The largest absolute Gasteiger partial charge is 0.483 e. The Morgan fingerprint density at radius 3 is 2.07 bits per heavy atom. The van der Waals surface area contributed by atoms with Crippen molar-refractivity contribution >= 4 is 18.7 Å². The van der Waals surface area contributed by atoms with Crippen molar-refractivity contribution < 1.29 is 29.0 Å². The monoisotopic (exact) mass is 202 g/mol. The highest BCUT2D eigenvalue weighted by Crippen LogP contribution is 1.92. The summed E-state index contributed by atoms with van der Waals surface area (Å²) in [6, 6.07) is 3.27. The normalized spacial score (nSPS) is 6.93. The number of hydrogen-bond donors (Lipinski definition) is 2. The van der Waals surface area contributed by atoms with Crippen LogP contribution in [0.25, 0.3) is 0 Å². The van der Waals surface area contributed by atoms with E-state index in [0.29, 0.717) is 12.0 Å². The molecule has 0 aliphatic rings. The SMILES string of the molecule is CC(=O)O.O=CO.O=Cc1ccco1. The average Bonchev–Trinajstić information content (AvgIpc) is 2.55. The second kappa shape index (κ2) is 10.9. The zero-order valence-electron chi connectivity index (χ0n) is 7.41. The van der Waals surface area contributed by atoms with Gasteiger partial charge in [0.25, 0.3) is 12.4 Å². The molecule has 1 aromatic heterocycles. The number of carboxylic acid groups (broad SMARTS) is 2. The Morgan fingerprint density at radius 1 is 1.50 bits per heavy atom. The molecular formula is C8H10O6. The molecule has 1 aromatic rings. The third-order valence-electron chi connectivity index (χ3n) is 0.659. The molecule has 6 nitrogen and oxygen atoms in total. The van der Waals surface area contributed by atoms with Gasteiger partial charge < -0.3 is 14.6 Å². The fourth-order valence-corrected chi connectivity index (χ4v) is 0.358. The molecule has 0 amide bonds. The molecule has 0 atom stereocenters. The second-order valence-corrected chi connectivity index (χ2v) is 1.76. The van der Waals surface area contributed by atoms with E-state index < -0.39 is 5.97 Å². The summed E-state index contributed by atoms with van der Waals surface area (Å²) in [6.07, 6.45) is 2.13. The molecule has 0 bridgehead atoms. The first-order valence-electron chi connectivity index (χ1n) is 3.34. The summed E-state index contributed by atoms with van der Waals surface area (Å²) in [6.45, 7) is 0.833. The van der Waals surface area contributed by atoms with Gasteiger partial charge >= 0.3 is 0 Å². The van der Waals surface area contributed by atoms with Gasteiger partial charge in [-0.2, -0.15) is 0 Å². The molecule has 1 heterocycles. The first-order chi connectivity index (χ1) is 6.58. The van der Waals surface area contributed by atoms with Crippen molar-refractivity contribution in [3.05, 3.63) is 24.2 Å². The summed E-state index contributed by atoms with van der Waals surface area (Å²) in [5.41, 5.74) is 0. The van der Waals surface area contributed by atoms with Crippen molar-refractivity contribution in [3.63, 3.8) is 0 Å². The van der Waals surface area contributed by atoms with Crippen LogP contribution in [0.4, 0.5) is 0 Å². The minimum absolute atomic E-state index is 0.250. The van der Waals surface area contributed by atoms with E-state index in [1.165, 1.54) is 6.26 Å². The highest BCUT2D eigenvalue weighted by Gasteiger charge is 1.84. The molecule has 2 N–H and O–H groups in total. The van der Waals surface area contributed by atoms with Crippen LogP contribution in [-0.2, 0) is 9.59 Å². The minimum atomic E-state index is -0.833. The molecular weight excluding hydrogens is 192 g/mol. The van der Waals surface area contributed by atoms with Crippen molar-refractivity contribution in [1.29, 1.82) is 0 Å². The van der Waals surface area contributed by atoms with Crippen LogP contribution in [0.5, 0.6) is 0 Å². The number of furan rings is 1. The Labute approximate surface area is 79.8 Å². The molecule has 0 fully saturated rings. The Bertz CT molecular complexity index is 247. The topological polar surface area (TPSA) is 105 Å². The fraction of sp³-hybridized carbons (Fsp3) is 0.125. The molecule has 0 saturated carbocycles. The van der Waals surface area contributed by atoms with Gasteiger partial charge in [-0.25, -0.2) is 0 Å². The van der Waals surface area contributed by atoms with Crippen LogP contribution in [0.2, 0.25) is 0 Å². The van der Waals surface area contributed by atoms with Crippen molar-refractivity contribution in [2.75, 3.05) is 0 Å². The first-order valence-corrected chi connectivity index (χ1v) is 3.34. The first kappa shape index (κ1) is 14.4. The molecule has 14 heavy (non-hydrogen) atoms. The van der Waals surface area contributed by atoms with Crippen LogP contribution < -0.4 is 0 Å². The molecule has 78 valence electrons. The Balaban J connectivity index is 0. The highest BCUT2D eigenvalue weighted by molar-refractivity contribution is 5.69. The standard InChI is InChI=1S/C5H4O2.C2H4O2.CH2O2/c6-4-5-2-1-3-7-5;1-2(3)4;2-1-3/h1-4H;1H3,(H,3,4);1H,(H,2,3). The van der Waals surface area contributed by atoms with Crippen LogP contribution >= 0.6 is 0 Å². The molecule has 6 heteroatoms. The van der Waals surface area contributed by atoms with Crippen molar-refractivity contribution in [3.8, 4) is 0 Å². The van der Waals surface area contributed by atoms with Crippen LogP contribution in [0, 0.1) is 0 Å². The van der Waals surface area contributed by atoms with Gasteiger partial charge in [0, 0.05) is 6.92 Å². The van der Waals surface area contributed by atoms with Crippen molar-refractivity contribution in [2.45, 2.75) is 6.92 Å². The van der Waals surface area contributed by atoms with Crippen LogP contribution in [0.1, 0.15) is 17.5 Å². The molecule has 0 aliphatic carbocycles. The Kier molecular flexibility index (Phi) is 11.2. The summed E-state index contributed by atoms with van der Waals surface area (Å²) in [7, 11) is 0. The number of carboxylic acids is 1. The van der Waals surface area contributed by atoms with Gasteiger partial charge in [-0.1, -0.05) is 0 Å². The Morgan fingerprint density at radius 2 is 1.93 bits per heavy atom. The number of hydrogen-bond acceptors (Lipinski definition) is 4. The van der Waals surface area contributed by atoms with Gasteiger partial charge in [-0.3, -0.25) is 14.4 Å². The van der Waals surface area contributed by atoms with E-state index in [0.717, 1.165) is 6.92 Å². The fourth-order valence-electron chi connectivity index (χ4n) is 0.358. The summed E-state index contributed by atoms with van der Waals surface area (Å²) >= 11 is 0. The highest BCUT2D eigenvalue weighted by atomic mass is 16.4. The number of rotatable bonds is 1. The predicted molar refractivity (Wildman–Crippen MR) is 46.1 cm³/mol. The van der Waals surface area contributed by atoms with Crippen LogP contribution in [0.3, 0.4) is 0 Å². The summed E-state index contributed by atoms with van der Waals surface area (Å²) in [5, 5.41) is 14.3. The lowest BCUT2D eigenvalue weighted by atomic mass is 10.5. The molecule has 0 saturated heterocycles. The van der Waals surface area contributed by atoms with Crippen molar-refractivity contribution in [1.82, 2.24) is 0 Å². The maximum Gasteiger partial charge on any atom is 0.300 e. The lowest BCUT2D eigenvalue weighted by molar-refractivity contribution is -0.134. The average molecular weight is 202 g/mol. The van der Waals surface area contributed by atoms with Gasteiger partial charge in [0.15, 0.2) is 12.0 Å². The lowest BCUT2D eigenvalue weighted by Crippen LogP contribution is -1.78. The third kappa shape index (κ3) is 16.5. The van der Waals surface area contributed by atoms with E-state index in [1.54, 1.807) is 12.1 Å². The van der Waals surface area contributed by atoms with Gasteiger partial charge in [0.2, 0.25) is 0 Å². The van der Waals surface area contributed by atoms with Crippen molar-refractivity contribution in [2.24, 2.45) is 0 Å². The molecule has 0 aromatic carbocycles. The summed E-state index contributed by atoms with van der Waals surface area (Å²) < 4.78 is 4.61. The lowest BCUT2D eigenvalue weighted by Gasteiger charge is -1.68. The molecule has 0 unspecified atom stereocenters. The molecule has 0 spiro atoms. The van der Waals surface area contributed by atoms with E-state index >= 15 is 0 Å². The van der Waals surface area contributed by atoms with E-state index in [4.69, 9.17) is 19.8 Å². The van der Waals surface area contributed by atoms with Gasteiger partial charge in [0.1, 0.15) is 0 Å². The van der Waals surface area contributed by atoms with Gasteiger partial charge in [0.05, 0.1) is 6.26 Å². The van der Waals surface area contributed by atoms with Crippen LogP contribution in [-0.4, -0.2) is 28.9 Å². The number of carbonyl (C=O) groups is 3. The third-order valence-corrected chi connectivity index (χ3v) is 0.659. The maximum atomic E-state index is 9.77. The van der Waals surface area contributed by atoms with Gasteiger partial charge in [-0.15, -0.1) is 0 Å². The molecule has 1 rings (SSSR count).